The largest absolute Gasteiger partial charge is 0.335 e. The number of aryl methyl sites for hydroxylation is 1. The first kappa shape index (κ1) is 16.5. The predicted octanol–water partition coefficient (Wildman–Crippen LogP) is 2.56. The Bertz CT molecular complexity index is 600. The molecule has 0 fully saturated rings. The molecule has 0 aromatic carbocycles. The van der Waals surface area contributed by atoms with Crippen LogP contribution in [0.5, 0.6) is 0 Å². The Hall–Kier alpha value is -1.89. The molecule has 0 radical (unpaired) electrons. The predicted molar refractivity (Wildman–Crippen MR) is 87.7 cm³/mol. The summed E-state index contributed by atoms with van der Waals surface area (Å²) in [7, 11) is 0. The molecule has 0 aliphatic heterocycles. The van der Waals surface area contributed by atoms with Crippen LogP contribution in [-0.4, -0.2) is 26.6 Å². The van der Waals surface area contributed by atoms with Gasteiger partial charge in [0.15, 0.2) is 0 Å². The van der Waals surface area contributed by atoms with E-state index in [1.165, 1.54) is 0 Å². The highest BCUT2D eigenvalue weighted by molar-refractivity contribution is 7.09. The zero-order chi connectivity index (χ0) is 16.2. The fourth-order valence-corrected chi connectivity index (χ4v) is 2.70. The Morgan fingerprint density at radius 3 is 2.77 bits per heavy atom. The van der Waals surface area contributed by atoms with Gasteiger partial charge in [-0.25, -0.2) is 14.8 Å². The first-order valence-corrected chi connectivity index (χ1v) is 8.13. The van der Waals surface area contributed by atoms with E-state index in [2.05, 4.69) is 41.4 Å². The summed E-state index contributed by atoms with van der Waals surface area (Å²) in [4.78, 5) is 20.5. The quantitative estimate of drug-likeness (QED) is 0.889. The van der Waals surface area contributed by atoms with E-state index in [9.17, 15) is 4.79 Å². The first-order valence-electron chi connectivity index (χ1n) is 7.25. The Balaban J connectivity index is 1.90. The van der Waals surface area contributed by atoms with E-state index in [0.717, 1.165) is 10.7 Å². The van der Waals surface area contributed by atoms with Crippen LogP contribution >= 0.6 is 11.3 Å². The molecule has 1 atom stereocenters. The second kappa shape index (κ2) is 6.91. The number of carbonyl (C=O) groups excluding carboxylic acids is 1. The maximum absolute atomic E-state index is 12.1. The molecule has 0 saturated heterocycles. The van der Waals surface area contributed by atoms with E-state index in [-0.39, 0.29) is 17.5 Å². The molecule has 2 rings (SSSR count). The molecular weight excluding hydrogens is 298 g/mol. The van der Waals surface area contributed by atoms with Crippen LogP contribution in [0.15, 0.2) is 24.1 Å². The van der Waals surface area contributed by atoms with E-state index in [1.54, 1.807) is 23.9 Å². The van der Waals surface area contributed by atoms with Crippen LogP contribution in [0.1, 0.15) is 31.5 Å². The van der Waals surface area contributed by atoms with Gasteiger partial charge < -0.3 is 15.2 Å². The Morgan fingerprint density at radius 1 is 1.45 bits per heavy atom. The van der Waals surface area contributed by atoms with E-state index in [0.29, 0.717) is 13.1 Å². The van der Waals surface area contributed by atoms with Crippen LogP contribution in [0.4, 0.5) is 4.79 Å². The Morgan fingerprint density at radius 2 is 2.23 bits per heavy atom. The van der Waals surface area contributed by atoms with Crippen molar-refractivity contribution in [3.63, 3.8) is 0 Å². The summed E-state index contributed by atoms with van der Waals surface area (Å²) in [5, 5.41) is 8.81. The summed E-state index contributed by atoms with van der Waals surface area (Å²) in [5.41, 5.74) is 0.925. The highest BCUT2D eigenvalue weighted by Gasteiger charge is 2.26. The zero-order valence-electron chi connectivity index (χ0n) is 13.5. The Labute approximate surface area is 135 Å². The van der Waals surface area contributed by atoms with Gasteiger partial charge in [-0.15, -0.1) is 11.3 Å². The molecule has 2 heterocycles. The van der Waals surface area contributed by atoms with E-state index >= 15 is 0 Å². The second-order valence-corrected chi connectivity index (χ2v) is 7.33. The highest BCUT2D eigenvalue weighted by Crippen LogP contribution is 2.20. The summed E-state index contributed by atoms with van der Waals surface area (Å²) in [6.07, 6.45) is 5.40. The van der Waals surface area contributed by atoms with Crippen LogP contribution in [0.2, 0.25) is 0 Å². The van der Waals surface area contributed by atoms with Gasteiger partial charge in [-0.05, 0) is 12.3 Å². The number of amides is 2. The molecule has 1 unspecified atom stereocenters. The number of imidazole rings is 1. The number of nitrogens with zero attached hydrogens (tertiary/aromatic N) is 3. The van der Waals surface area contributed by atoms with Gasteiger partial charge in [0.1, 0.15) is 5.01 Å². The van der Waals surface area contributed by atoms with Crippen molar-refractivity contribution in [2.75, 3.05) is 0 Å². The SMILES string of the molecule is Cc1csc(CNC(=O)NC(Cn2ccnc2)C(C)(C)C)n1. The zero-order valence-corrected chi connectivity index (χ0v) is 14.3. The number of hydrogen-bond donors (Lipinski definition) is 2. The lowest BCUT2D eigenvalue weighted by molar-refractivity contribution is 0.209. The highest BCUT2D eigenvalue weighted by atomic mass is 32.1. The number of rotatable bonds is 5. The fourth-order valence-electron chi connectivity index (χ4n) is 1.99. The number of thiazole rings is 1. The van der Waals surface area contributed by atoms with Gasteiger partial charge in [0.05, 0.1) is 18.9 Å². The van der Waals surface area contributed by atoms with Crippen molar-refractivity contribution in [1.82, 2.24) is 25.2 Å². The summed E-state index contributed by atoms with van der Waals surface area (Å²) in [5.74, 6) is 0. The molecule has 0 saturated carbocycles. The van der Waals surface area contributed by atoms with Gasteiger partial charge in [0.25, 0.3) is 0 Å². The molecule has 22 heavy (non-hydrogen) atoms. The van der Waals surface area contributed by atoms with Gasteiger partial charge >= 0.3 is 6.03 Å². The second-order valence-electron chi connectivity index (χ2n) is 6.39. The van der Waals surface area contributed by atoms with Crippen molar-refractivity contribution < 1.29 is 4.79 Å². The van der Waals surface area contributed by atoms with Crippen LogP contribution in [0, 0.1) is 12.3 Å². The summed E-state index contributed by atoms with van der Waals surface area (Å²) in [6.45, 7) is 9.41. The van der Waals surface area contributed by atoms with E-state index in [4.69, 9.17) is 0 Å². The molecule has 2 amide bonds. The molecule has 7 heteroatoms. The van der Waals surface area contributed by atoms with E-state index in [1.807, 2.05) is 23.1 Å². The van der Waals surface area contributed by atoms with Crippen molar-refractivity contribution in [2.24, 2.45) is 5.41 Å². The van der Waals surface area contributed by atoms with Crippen molar-refractivity contribution >= 4 is 17.4 Å². The van der Waals surface area contributed by atoms with Gasteiger partial charge in [-0.2, -0.15) is 0 Å². The average molecular weight is 321 g/mol. The third-order valence-corrected chi connectivity index (χ3v) is 4.34. The van der Waals surface area contributed by atoms with Crippen LogP contribution in [-0.2, 0) is 13.1 Å². The normalized spacial score (nSPS) is 12.9. The number of hydrogen-bond acceptors (Lipinski definition) is 4. The number of nitrogens with one attached hydrogen (secondary N) is 2. The summed E-state index contributed by atoms with van der Waals surface area (Å²) >= 11 is 1.55. The standard InChI is InChI=1S/C15H23N5OS/c1-11-9-22-13(18-11)7-17-14(21)19-12(15(2,3)4)8-20-6-5-16-10-20/h5-6,9-10,12H,7-8H2,1-4H3,(H2,17,19,21). The molecule has 120 valence electrons. The monoisotopic (exact) mass is 321 g/mol. The molecule has 0 spiro atoms. The lowest BCUT2D eigenvalue weighted by Gasteiger charge is -2.31. The molecule has 0 aliphatic rings. The fraction of sp³-hybridized carbons (Fsp3) is 0.533. The van der Waals surface area contributed by atoms with E-state index < -0.39 is 0 Å². The minimum absolute atomic E-state index is 0.000249. The van der Waals surface area contributed by atoms with Gasteiger partial charge in [-0.3, -0.25) is 0 Å². The van der Waals surface area contributed by atoms with Crippen molar-refractivity contribution in [3.05, 3.63) is 34.8 Å². The number of carbonyl (C=O) groups is 1. The number of aromatic nitrogens is 3. The van der Waals surface area contributed by atoms with Gasteiger partial charge in [0.2, 0.25) is 0 Å². The summed E-state index contributed by atoms with van der Waals surface area (Å²) in [6, 6.07) is -0.173. The van der Waals surface area contributed by atoms with Crippen LogP contribution in [0.3, 0.4) is 0 Å². The molecule has 2 aromatic rings. The van der Waals surface area contributed by atoms with Crippen molar-refractivity contribution in [1.29, 1.82) is 0 Å². The lowest BCUT2D eigenvalue weighted by atomic mass is 9.86. The van der Waals surface area contributed by atoms with Crippen LogP contribution in [0.25, 0.3) is 0 Å². The minimum Gasteiger partial charge on any atom is -0.335 e. The first-order chi connectivity index (χ1) is 10.3. The summed E-state index contributed by atoms with van der Waals surface area (Å²) < 4.78 is 1.97. The third kappa shape index (κ3) is 4.84. The maximum Gasteiger partial charge on any atom is 0.315 e. The van der Waals surface area contributed by atoms with Gasteiger partial charge in [0, 0.05) is 30.0 Å². The van der Waals surface area contributed by atoms with Gasteiger partial charge in [-0.1, -0.05) is 20.8 Å². The molecule has 2 N–H and O–H groups in total. The Kier molecular flexibility index (Phi) is 5.18. The average Bonchev–Trinajstić information content (AvgIpc) is 3.06. The molecule has 6 nitrogen and oxygen atoms in total. The van der Waals surface area contributed by atoms with Crippen molar-refractivity contribution in [3.8, 4) is 0 Å². The van der Waals surface area contributed by atoms with Crippen LogP contribution < -0.4 is 10.6 Å². The smallest absolute Gasteiger partial charge is 0.315 e. The number of urea groups is 1. The molecule has 2 aromatic heterocycles. The maximum atomic E-state index is 12.1. The topological polar surface area (TPSA) is 71.8 Å². The van der Waals surface area contributed by atoms with Crippen molar-refractivity contribution in [2.45, 2.75) is 46.8 Å². The lowest BCUT2D eigenvalue weighted by Crippen LogP contribution is -2.49. The molecule has 0 aliphatic carbocycles. The molecule has 0 bridgehead atoms. The minimum atomic E-state index is -0.173. The molecular formula is C15H23N5OS. The third-order valence-electron chi connectivity index (χ3n) is 3.37.